The lowest BCUT2D eigenvalue weighted by molar-refractivity contribution is 0.0913. The summed E-state index contributed by atoms with van der Waals surface area (Å²) in [4.78, 5) is 15.0. The van der Waals surface area contributed by atoms with Crippen molar-refractivity contribution in [3.63, 3.8) is 0 Å². The van der Waals surface area contributed by atoms with Crippen LogP contribution in [0.5, 0.6) is 0 Å². The number of carbonyl (C=O) groups excluding carboxylic acids is 1. The van der Waals surface area contributed by atoms with Gasteiger partial charge in [0.05, 0.1) is 6.04 Å². The summed E-state index contributed by atoms with van der Waals surface area (Å²) in [5.41, 5.74) is 8.26. The van der Waals surface area contributed by atoms with Gasteiger partial charge >= 0.3 is 0 Å². The summed E-state index contributed by atoms with van der Waals surface area (Å²) in [6.45, 7) is 5.08. The molecule has 1 fully saturated rings. The monoisotopic (exact) mass is 337 g/mol. The Balaban J connectivity index is 1.70. The van der Waals surface area contributed by atoms with Crippen LogP contribution in [0.3, 0.4) is 0 Å². The number of carbonyl (C=O) groups is 1. The number of amides is 1. The van der Waals surface area contributed by atoms with Crippen molar-refractivity contribution >= 4 is 11.6 Å². The fourth-order valence-corrected chi connectivity index (χ4v) is 3.44. The minimum atomic E-state index is -0.0707. The molecular formula is C21H27N3O. The topological polar surface area (TPSA) is 58.4 Å². The van der Waals surface area contributed by atoms with Gasteiger partial charge in [-0.15, -0.1) is 0 Å². The van der Waals surface area contributed by atoms with E-state index in [2.05, 4.69) is 41.4 Å². The van der Waals surface area contributed by atoms with E-state index in [0.717, 1.165) is 19.0 Å². The van der Waals surface area contributed by atoms with E-state index in [1.54, 1.807) is 18.2 Å². The van der Waals surface area contributed by atoms with Gasteiger partial charge in [-0.25, -0.2) is 0 Å². The second kappa shape index (κ2) is 8.17. The van der Waals surface area contributed by atoms with Crippen LogP contribution in [-0.4, -0.2) is 30.4 Å². The van der Waals surface area contributed by atoms with Crippen molar-refractivity contribution in [1.82, 2.24) is 10.2 Å². The Morgan fingerprint density at radius 1 is 1.16 bits per heavy atom. The molecule has 0 spiro atoms. The zero-order chi connectivity index (χ0) is 17.6. The predicted molar refractivity (Wildman–Crippen MR) is 102 cm³/mol. The summed E-state index contributed by atoms with van der Waals surface area (Å²) < 4.78 is 0. The Bertz CT molecular complexity index is 693. The van der Waals surface area contributed by atoms with Gasteiger partial charge in [-0.05, 0) is 55.6 Å². The van der Waals surface area contributed by atoms with Crippen LogP contribution in [0.25, 0.3) is 0 Å². The first-order valence-electron chi connectivity index (χ1n) is 9.06. The molecule has 1 atom stereocenters. The van der Waals surface area contributed by atoms with E-state index in [4.69, 9.17) is 5.73 Å². The first-order valence-corrected chi connectivity index (χ1v) is 9.06. The highest BCUT2D eigenvalue weighted by atomic mass is 16.1. The largest absolute Gasteiger partial charge is 0.399 e. The van der Waals surface area contributed by atoms with Crippen molar-refractivity contribution in [3.05, 3.63) is 65.7 Å². The highest BCUT2D eigenvalue weighted by molar-refractivity contribution is 5.95. The zero-order valence-corrected chi connectivity index (χ0v) is 14.8. The lowest BCUT2D eigenvalue weighted by Crippen LogP contribution is -2.42. The number of nitrogen functional groups attached to an aromatic ring is 1. The van der Waals surface area contributed by atoms with Crippen LogP contribution >= 0.6 is 0 Å². The number of nitrogens with zero attached hydrogens (tertiary/aromatic N) is 1. The maximum Gasteiger partial charge on any atom is 0.251 e. The second-order valence-electron chi connectivity index (χ2n) is 6.98. The Kier molecular flexibility index (Phi) is 5.71. The van der Waals surface area contributed by atoms with Crippen molar-refractivity contribution in [1.29, 1.82) is 0 Å². The molecule has 25 heavy (non-hydrogen) atoms. The molecule has 4 heteroatoms. The molecule has 1 aliphatic rings. The first kappa shape index (κ1) is 17.5. The van der Waals surface area contributed by atoms with Gasteiger partial charge in [0.1, 0.15) is 0 Å². The van der Waals surface area contributed by atoms with E-state index in [1.807, 2.05) is 12.1 Å². The van der Waals surface area contributed by atoms with Crippen LogP contribution in [0, 0.1) is 5.92 Å². The number of likely N-dealkylation sites (tertiary alicyclic amines) is 1. The molecule has 0 saturated carbocycles. The number of piperidine rings is 1. The van der Waals surface area contributed by atoms with Crippen LogP contribution in [0.4, 0.5) is 5.69 Å². The van der Waals surface area contributed by atoms with E-state index in [-0.39, 0.29) is 11.9 Å². The van der Waals surface area contributed by atoms with Crippen LogP contribution in [0.1, 0.15) is 41.7 Å². The quantitative estimate of drug-likeness (QED) is 0.821. The SMILES string of the molecule is CC1CCN(C(CNC(=O)c2cccc(N)c2)c2ccccc2)CC1. The average Bonchev–Trinajstić information content (AvgIpc) is 2.64. The molecule has 2 aromatic rings. The summed E-state index contributed by atoms with van der Waals surface area (Å²) in [5, 5.41) is 3.10. The Labute approximate surface area is 150 Å². The third-order valence-corrected chi connectivity index (χ3v) is 5.05. The van der Waals surface area contributed by atoms with Crippen molar-refractivity contribution in [3.8, 4) is 0 Å². The standard InChI is InChI=1S/C21H27N3O/c1-16-10-12-24(13-11-16)20(17-6-3-2-4-7-17)15-23-21(25)18-8-5-9-19(22)14-18/h2-9,14,16,20H,10-13,15,22H2,1H3,(H,23,25). The number of rotatable bonds is 5. The third-order valence-electron chi connectivity index (χ3n) is 5.05. The van der Waals surface area contributed by atoms with Crippen LogP contribution < -0.4 is 11.1 Å². The maximum atomic E-state index is 12.5. The second-order valence-corrected chi connectivity index (χ2v) is 6.98. The Hall–Kier alpha value is -2.33. The molecule has 4 nitrogen and oxygen atoms in total. The van der Waals surface area contributed by atoms with Crippen LogP contribution in [0.15, 0.2) is 54.6 Å². The number of anilines is 1. The molecular weight excluding hydrogens is 310 g/mol. The van der Waals surface area contributed by atoms with Gasteiger partial charge in [0.25, 0.3) is 5.91 Å². The van der Waals surface area contributed by atoms with Crippen molar-refractivity contribution < 1.29 is 4.79 Å². The zero-order valence-electron chi connectivity index (χ0n) is 14.8. The Morgan fingerprint density at radius 3 is 2.56 bits per heavy atom. The lowest BCUT2D eigenvalue weighted by atomic mass is 9.95. The molecule has 132 valence electrons. The smallest absolute Gasteiger partial charge is 0.251 e. The van der Waals surface area contributed by atoms with Gasteiger partial charge in [-0.2, -0.15) is 0 Å². The number of benzene rings is 2. The van der Waals surface area contributed by atoms with Gasteiger partial charge in [0.15, 0.2) is 0 Å². The highest BCUT2D eigenvalue weighted by Gasteiger charge is 2.25. The van der Waals surface area contributed by atoms with Gasteiger partial charge in [0, 0.05) is 17.8 Å². The van der Waals surface area contributed by atoms with E-state index < -0.39 is 0 Å². The summed E-state index contributed by atoms with van der Waals surface area (Å²) in [6, 6.07) is 17.8. The number of nitrogens with one attached hydrogen (secondary N) is 1. The fraction of sp³-hybridized carbons (Fsp3) is 0.381. The van der Waals surface area contributed by atoms with Gasteiger partial charge in [-0.3, -0.25) is 9.69 Å². The summed E-state index contributed by atoms with van der Waals surface area (Å²) in [6.07, 6.45) is 2.43. The number of nitrogens with two attached hydrogens (primary N) is 1. The number of hydrogen-bond donors (Lipinski definition) is 2. The fourth-order valence-electron chi connectivity index (χ4n) is 3.44. The van der Waals surface area contributed by atoms with E-state index in [0.29, 0.717) is 17.8 Å². The molecule has 2 aromatic carbocycles. The minimum absolute atomic E-state index is 0.0707. The highest BCUT2D eigenvalue weighted by Crippen LogP contribution is 2.26. The van der Waals surface area contributed by atoms with Crippen molar-refractivity contribution in [2.75, 3.05) is 25.4 Å². The molecule has 1 heterocycles. The minimum Gasteiger partial charge on any atom is -0.399 e. The van der Waals surface area contributed by atoms with E-state index in [9.17, 15) is 4.79 Å². The molecule has 0 aliphatic carbocycles. The molecule has 3 N–H and O–H groups in total. The average molecular weight is 337 g/mol. The number of hydrogen-bond acceptors (Lipinski definition) is 3. The van der Waals surface area contributed by atoms with E-state index >= 15 is 0 Å². The summed E-state index contributed by atoms with van der Waals surface area (Å²) in [5.74, 6) is 0.716. The predicted octanol–water partition coefficient (Wildman–Crippen LogP) is 3.47. The van der Waals surface area contributed by atoms with Gasteiger partial charge < -0.3 is 11.1 Å². The van der Waals surface area contributed by atoms with Crippen molar-refractivity contribution in [2.24, 2.45) is 5.92 Å². The lowest BCUT2D eigenvalue weighted by Gasteiger charge is -2.37. The van der Waals surface area contributed by atoms with Crippen LogP contribution in [-0.2, 0) is 0 Å². The van der Waals surface area contributed by atoms with Crippen molar-refractivity contribution in [2.45, 2.75) is 25.8 Å². The molecule has 0 bridgehead atoms. The van der Waals surface area contributed by atoms with Gasteiger partial charge in [-0.1, -0.05) is 43.3 Å². The third kappa shape index (κ3) is 4.60. The molecule has 1 saturated heterocycles. The molecule has 3 rings (SSSR count). The summed E-state index contributed by atoms with van der Waals surface area (Å²) >= 11 is 0. The Morgan fingerprint density at radius 2 is 1.88 bits per heavy atom. The maximum absolute atomic E-state index is 12.5. The van der Waals surface area contributed by atoms with Gasteiger partial charge in [0.2, 0.25) is 0 Å². The molecule has 1 amide bonds. The molecule has 1 unspecified atom stereocenters. The molecule has 1 aliphatic heterocycles. The molecule has 0 aromatic heterocycles. The normalized spacial score (nSPS) is 17.2. The van der Waals surface area contributed by atoms with Crippen LogP contribution in [0.2, 0.25) is 0 Å². The summed E-state index contributed by atoms with van der Waals surface area (Å²) in [7, 11) is 0. The first-order chi connectivity index (χ1) is 12.1. The van der Waals surface area contributed by atoms with E-state index in [1.165, 1.54) is 18.4 Å². The molecule has 0 radical (unpaired) electrons.